The van der Waals surface area contributed by atoms with Gasteiger partial charge >= 0.3 is 0 Å². The van der Waals surface area contributed by atoms with Crippen molar-refractivity contribution >= 4 is 17.2 Å². The fourth-order valence-electron chi connectivity index (χ4n) is 1.25. The molecule has 0 aromatic heterocycles. The first-order chi connectivity index (χ1) is 6.50. The molecule has 0 saturated carbocycles. The third kappa shape index (κ3) is 3.74. The van der Waals surface area contributed by atoms with E-state index in [9.17, 15) is 4.21 Å². The molecule has 0 aromatic rings. The van der Waals surface area contributed by atoms with Crippen molar-refractivity contribution in [2.45, 2.75) is 51.2 Å². The lowest BCUT2D eigenvalue weighted by molar-refractivity contribution is 0.650. The molecule has 0 spiro atoms. The topological polar surface area (TPSA) is 29.4 Å². The maximum atomic E-state index is 11.6. The smallest absolute Gasteiger partial charge is 0.144 e. The molecule has 1 aliphatic carbocycles. The van der Waals surface area contributed by atoms with Gasteiger partial charge in [-0.25, -0.2) is 4.21 Å². The fraction of sp³-hybridized carbons (Fsp3) is 0.727. The summed E-state index contributed by atoms with van der Waals surface area (Å²) in [5.41, 5.74) is 1.24. The van der Waals surface area contributed by atoms with E-state index in [4.69, 9.17) is 0 Å². The van der Waals surface area contributed by atoms with E-state index in [1.165, 1.54) is 18.4 Å². The molecule has 0 amide bonds. The van der Waals surface area contributed by atoms with Gasteiger partial charge in [-0.2, -0.15) is 4.40 Å². The van der Waals surface area contributed by atoms with Gasteiger partial charge in [-0.1, -0.05) is 6.08 Å². The first-order valence-electron chi connectivity index (χ1n) is 5.15. The quantitative estimate of drug-likeness (QED) is 0.648. The Labute approximate surface area is 89.1 Å². The molecule has 1 rings (SSSR count). The van der Waals surface area contributed by atoms with Crippen LogP contribution in [-0.4, -0.2) is 15.2 Å². The lowest BCUT2D eigenvalue weighted by Gasteiger charge is -2.13. The molecule has 0 fully saturated rings. The highest BCUT2D eigenvalue weighted by atomic mass is 32.2. The zero-order valence-electron chi connectivity index (χ0n) is 9.25. The summed E-state index contributed by atoms with van der Waals surface area (Å²) in [6, 6.07) is 0. The molecule has 14 heavy (non-hydrogen) atoms. The predicted octanol–water partition coefficient (Wildman–Crippen LogP) is 3.02. The largest absolute Gasteiger partial charge is 0.234 e. The van der Waals surface area contributed by atoms with Gasteiger partial charge in [0, 0.05) is 6.21 Å². The Morgan fingerprint density at radius 1 is 1.43 bits per heavy atom. The van der Waals surface area contributed by atoms with Crippen LogP contribution in [0.15, 0.2) is 16.0 Å². The Morgan fingerprint density at radius 2 is 2.14 bits per heavy atom. The van der Waals surface area contributed by atoms with E-state index < -0.39 is 11.0 Å². The zero-order valence-corrected chi connectivity index (χ0v) is 10.1. The first-order valence-corrected chi connectivity index (χ1v) is 6.26. The van der Waals surface area contributed by atoms with Crippen LogP contribution < -0.4 is 0 Å². The minimum atomic E-state index is -1.11. The highest BCUT2D eigenvalue weighted by molar-refractivity contribution is 7.85. The van der Waals surface area contributed by atoms with Crippen molar-refractivity contribution in [3.05, 3.63) is 11.6 Å². The van der Waals surface area contributed by atoms with Gasteiger partial charge in [0.05, 0.1) is 4.75 Å². The number of hydrogen-bond donors (Lipinski definition) is 0. The van der Waals surface area contributed by atoms with Crippen molar-refractivity contribution < 1.29 is 4.21 Å². The molecule has 80 valence electrons. The first kappa shape index (κ1) is 11.6. The molecule has 3 heteroatoms. The van der Waals surface area contributed by atoms with Crippen molar-refractivity contribution in [2.75, 3.05) is 0 Å². The second kappa shape index (κ2) is 4.87. The van der Waals surface area contributed by atoms with E-state index in [0.717, 1.165) is 12.8 Å². The lowest BCUT2D eigenvalue weighted by atomic mass is 10.0. The summed E-state index contributed by atoms with van der Waals surface area (Å²) >= 11 is 0. The highest BCUT2D eigenvalue weighted by Gasteiger charge is 2.18. The number of allylic oxidation sites excluding steroid dienone is 2. The number of hydrogen-bond acceptors (Lipinski definition) is 1. The number of rotatable bonds is 2. The average Bonchev–Trinajstić information content (AvgIpc) is 2.14. The van der Waals surface area contributed by atoms with E-state index in [2.05, 4.69) is 10.5 Å². The van der Waals surface area contributed by atoms with Gasteiger partial charge in [0.1, 0.15) is 11.0 Å². The Morgan fingerprint density at radius 3 is 2.64 bits per heavy atom. The van der Waals surface area contributed by atoms with E-state index in [-0.39, 0.29) is 4.75 Å². The van der Waals surface area contributed by atoms with Crippen LogP contribution in [0.5, 0.6) is 0 Å². The summed E-state index contributed by atoms with van der Waals surface area (Å²) in [6.45, 7) is 5.82. The van der Waals surface area contributed by atoms with Crippen molar-refractivity contribution in [3.8, 4) is 0 Å². The van der Waals surface area contributed by atoms with Crippen LogP contribution in [0.1, 0.15) is 46.5 Å². The molecule has 0 N–H and O–H groups in total. The van der Waals surface area contributed by atoms with Crippen LogP contribution in [-0.2, 0) is 11.0 Å². The molecule has 1 atom stereocenters. The molecular formula is C11H19NOS. The molecule has 1 aliphatic rings. The Hall–Kier alpha value is -0.440. The van der Waals surface area contributed by atoms with Crippen LogP contribution in [0, 0.1) is 0 Å². The lowest BCUT2D eigenvalue weighted by Crippen LogP contribution is -2.19. The van der Waals surface area contributed by atoms with Crippen molar-refractivity contribution in [1.82, 2.24) is 0 Å². The monoisotopic (exact) mass is 213 g/mol. The summed E-state index contributed by atoms with van der Waals surface area (Å²) in [4.78, 5) is 0. The van der Waals surface area contributed by atoms with Crippen LogP contribution in [0.4, 0.5) is 0 Å². The molecule has 0 aliphatic heterocycles. The predicted molar refractivity (Wildman–Crippen MR) is 62.9 cm³/mol. The van der Waals surface area contributed by atoms with Gasteiger partial charge in [0.2, 0.25) is 0 Å². The van der Waals surface area contributed by atoms with Crippen LogP contribution in [0.3, 0.4) is 0 Å². The minimum Gasteiger partial charge on any atom is -0.234 e. The molecule has 1 unspecified atom stereocenters. The zero-order chi connectivity index (χ0) is 10.6. The summed E-state index contributed by atoms with van der Waals surface area (Å²) in [6.07, 6.45) is 8.74. The maximum Gasteiger partial charge on any atom is 0.144 e. The van der Waals surface area contributed by atoms with Crippen LogP contribution in [0.2, 0.25) is 0 Å². The normalized spacial score (nSPS) is 20.9. The van der Waals surface area contributed by atoms with Crippen LogP contribution in [0.25, 0.3) is 0 Å². The van der Waals surface area contributed by atoms with Gasteiger partial charge in [-0.3, -0.25) is 0 Å². The van der Waals surface area contributed by atoms with E-state index >= 15 is 0 Å². The van der Waals surface area contributed by atoms with Gasteiger partial charge < -0.3 is 0 Å². The van der Waals surface area contributed by atoms with Crippen LogP contribution >= 0.6 is 0 Å². The molecule has 0 radical (unpaired) electrons. The molecule has 0 saturated heterocycles. The summed E-state index contributed by atoms with van der Waals surface area (Å²) in [5.74, 6) is 0. The number of nitrogens with zero attached hydrogens (tertiary/aromatic N) is 1. The van der Waals surface area contributed by atoms with Crippen molar-refractivity contribution in [1.29, 1.82) is 0 Å². The maximum absolute atomic E-state index is 11.6. The highest BCUT2D eigenvalue weighted by Crippen LogP contribution is 2.17. The molecule has 0 bridgehead atoms. The Balaban J connectivity index is 2.55. The van der Waals surface area contributed by atoms with E-state index in [1.54, 1.807) is 6.21 Å². The summed E-state index contributed by atoms with van der Waals surface area (Å²) in [5, 5.41) is 0. The van der Waals surface area contributed by atoms with Gasteiger partial charge in [0.15, 0.2) is 0 Å². The van der Waals surface area contributed by atoms with E-state index in [0.29, 0.717) is 0 Å². The van der Waals surface area contributed by atoms with Crippen molar-refractivity contribution in [3.63, 3.8) is 0 Å². The minimum absolute atomic E-state index is 0.244. The summed E-state index contributed by atoms with van der Waals surface area (Å²) in [7, 11) is -1.11. The standard InChI is InChI=1S/C11H19NOS/c1-11(2,3)14(13)12-9-10-7-5-4-6-8-10/h7,9H,4-6,8H2,1-3H3/b12-9+. The molecule has 0 heterocycles. The second-order valence-corrected chi connectivity index (χ2v) is 6.55. The fourth-order valence-corrected chi connectivity index (χ4v) is 1.80. The molecular weight excluding hydrogens is 194 g/mol. The molecule has 0 aromatic carbocycles. The Kier molecular flexibility index (Phi) is 4.05. The van der Waals surface area contributed by atoms with Crippen molar-refractivity contribution in [2.24, 2.45) is 4.40 Å². The summed E-state index contributed by atoms with van der Waals surface area (Å²) < 4.78 is 15.4. The van der Waals surface area contributed by atoms with Gasteiger partial charge in [-0.15, -0.1) is 0 Å². The average molecular weight is 213 g/mol. The van der Waals surface area contributed by atoms with E-state index in [1.807, 2.05) is 20.8 Å². The SMILES string of the molecule is CC(C)(C)S(=O)/N=C/C1=CCCCC1. The van der Waals surface area contributed by atoms with Gasteiger partial charge in [-0.05, 0) is 52.0 Å². The second-order valence-electron chi connectivity index (χ2n) is 4.62. The van der Waals surface area contributed by atoms with Gasteiger partial charge in [0.25, 0.3) is 0 Å². The third-order valence-corrected chi connectivity index (χ3v) is 3.51. The third-order valence-electron chi connectivity index (χ3n) is 2.16. The Bertz CT molecular complexity index is 274. The molecule has 2 nitrogen and oxygen atoms in total.